The van der Waals surface area contributed by atoms with Crippen molar-refractivity contribution in [3.63, 3.8) is 0 Å². The number of aliphatic hydroxyl groups excluding tert-OH is 1. The normalized spacial score (nSPS) is 22.4. The van der Waals surface area contributed by atoms with Crippen molar-refractivity contribution in [3.8, 4) is 0 Å². The molecule has 0 amide bonds. The summed E-state index contributed by atoms with van der Waals surface area (Å²) in [5, 5.41) is 13.5. The van der Waals surface area contributed by atoms with E-state index in [0.717, 1.165) is 25.2 Å². The molecule has 2 atom stereocenters. The SMILES string of the molecule is Cc1ccccc1Cc1nc(CN2CC(CO)CCC2C)no1. The molecule has 0 bridgehead atoms. The molecule has 0 aliphatic carbocycles. The standard InChI is InChI=1S/C18H25N3O2/c1-13-5-3-4-6-16(13)9-18-19-17(20-23-18)11-21-10-15(12-22)8-7-14(21)2/h3-6,14-15,22H,7-12H2,1-2H3. The minimum absolute atomic E-state index is 0.258. The number of rotatable bonds is 5. The van der Waals surface area contributed by atoms with Gasteiger partial charge in [-0.1, -0.05) is 29.4 Å². The van der Waals surface area contributed by atoms with Gasteiger partial charge in [-0.2, -0.15) is 4.98 Å². The highest BCUT2D eigenvalue weighted by Crippen LogP contribution is 2.23. The topological polar surface area (TPSA) is 62.4 Å². The second-order valence-corrected chi connectivity index (χ2v) is 6.61. The Morgan fingerprint density at radius 2 is 2.13 bits per heavy atom. The summed E-state index contributed by atoms with van der Waals surface area (Å²) in [5.74, 6) is 1.77. The summed E-state index contributed by atoms with van der Waals surface area (Å²) in [6.45, 7) is 6.17. The van der Waals surface area contributed by atoms with E-state index in [1.165, 1.54) is 11.1 Å². The molecule has 1 aliphatic rings. The van der Waals surface area contributed by atoms with Crippen molar-refractivity contribution in [3.05, 3.63) is 47.1 Å². The Kier molecular flexibility index (Phi) is 5.08. The van der Waals surface area contributed by atoms with E-state index in [0.29, 0.717) is 30.8 Å². The van der Waals surface area contributed by atoms with Gasteiger partial charge in [0.2, 0.25) is 5.89 Å². The molecule has 0 radical (unpaired) electrons. The van der Waals surface area contributed by atoms with Crippen LogP contribution < -0.4 is 0 Å². The lowest BCUT2D eigenvalue weighted by Gasteiger charge is -2.36. The summed E-state index contributed by atoms with van der Waals surface area (Å²) in [7, 11) is 0. The van der Waals surface area contributed by atoms with Crippen molar-refractivity contribution in [2.75, 3.05) is 13.2 Å². The molecule has 1 aliphatic heterocycles. The fraction of sp³-hybridized carbons (Fsp3) is 0.556. The van der Waals surface area contributed by atoms with Gasteiger partial charge >= 0.3 is 0 Å². The molecule has 2 heterocycles. The maximum atomic E-state index is 9.38. The van der Waals surface area contributed by atoms with Crippen molar-refractivity contribution in [2.45, 2.75) is 45.7 Å². The highest BCUT2D eigenvalue weighted by molar-refractivity contribution is 5.27. The average Bonchev–Trinajstić information content (AvgIpc) is 2.99. The summed E-state index contributed by atoms with van der Waals surface area (Å²) >= 11 is 0. The van der Waals surface area contributed by atoms with E-state index < -0.39 is 0 Å². The zero-order chi connectivity index (χ0) is 16.2. The van der Waals surface area contributed by atoms with Crippen molar-refractivity contribution in [1.29, 1.82) is 0 Å². The van der Waals surface area contributed by atoms with E-state index in [2.05, 4.69) is 41.0 Å². The van der Waals surface area contributed by atoms with Crippen LogP contribution in [0, 0.1) is 12.8 Å². The van der Waals surface area contributed by atoms with Gasteiger partial charge in [0.05, 0.1) is 13.0 Å². The van der Waals surface area contributed by atoms with Crippen LogP contribution in [0.1, 0.15) is 42.6 Å². The summed E-state index contributed by atoms with van der Waals surface area (Å²) in [5.41, 5.74) is 2.46. The van der Waals surface area contributed by atoms with Gasteiger partial charge in [-0.25, -0.2) is 0 Å². The van der Waals surface area contributed by atoms with Gasteiger partial charge in [0.25, 0.3) is 0 Å². The highest BCUT2D eigenvalue weighted by atomic mass is 16.5. The van der Waals surface area contributed by atoms with E-state index in [1.807, 2.05) is 12.1 Å². The van der Waals surface area contributed by atoms with Gasteiger partial charge in [-0.3, -0.25) is 4.90 Å². The molecule has 1 aromatic carbocycles. The maximum Gasteiger partial charge on any atom is 0.231 e. The number of nitrogens with zero attached hydrogens (tertiary/aromatic N) is 3. The summed E-state index contributed by atoms with van der Waals surface area (Å²) < 4.78 is 5.42. The Bertz CT molecular complexity index is 641. The number of aryl methyl sites for hydroxylation is 1. The van der Waals surface area contributed by atoms with Crippen molar-refractivity contribution in [2.24, 2.45) is 5.92 Å². The molecule has 5 heteroatoms. The van der Waals surface area contributed by atoms with Crippen molar-refractivity contribution >= 4 is 0 Å². The lowest BCUT2D eigenvalue weighted by Crippen LogP contribution is -2.42. The van der Waals surface area contributed by atoms with Gasteiger partial charge in [0, 0.05) is 19.2 Å². The summed E-state index contributed by atoms with van der Waals surface area (Å²) in [6, 6.07) is 8.75. The molecule has 1 aromatic heterocycles. The lowest BCUT2D eigenvalue weighted by molar-refractivity contribution is 0.0745. The van der Waals surface area contributed by atoms with E-state index in [4.69, 9.17) is 4.52 Å². The van der Waals surface area contributed by atoms with Gasteiger partial charge in [0.15, 0.2) is 5.82 Å². The third-order valence-corrected chi connectivity index (χ3v) is 4.82. The van der Waals surface area contributed by atoms with Crippen LogP contribution >= 0.6 is 0 Å². The van der Waals surface area contributed by atoms with E-state index in [9.17, 15) is 5.11 Å². The van der Waals surface area contributed by atoms with Crippen LogP contribution in [-0.4, -0.2) is 39.3 Å². The fourth-order valence-corrected chi connectivity index (χ4v) is 3.21. The van der Waals surface area contributed by atoms with Crippen LogP contribution in [0.4, 0.5) is 0 Å². The van der Waals surface area contributed by atoms with Gasteiger partial charge in [-0.05, 0) is 43.7 Å². The maximum absolute atomic E-state index is 9.38. The zero-order valence-corrected chi connectivity index (χ0v) is 13.9. The third-order valence-electron chi connectivity index (χ3n) is 4.82. The molecule has 1 N–H and O–H groups in total. The summed E-state index contributed by atoms with van der Waals surface area (Å²) in [4.78, 5) is 6.88. The van der Waals surface area contributed by atoms with Gasteiger partial charge in [0.1, 0.15) is 0 Å². The molecular weight excluding hydrogens is 290 g/mol. The van der Waals surface area contributed by atoms with Crippen LogP contribution in [0.2, 0.25) is 0 Å². The molecule has 3 rings (SSSR count). The van der Waals surface area contributed by atoms with Crippen LogP contribution in [0.15, 0.2) is 28.8 Å². The highest BCUT2D eigenvalue weighted by Gasteiger charge is 2.26. The molecule has 5 nitrogen and oxygen atoms in total. The van der Waals surface area contributed by atoms with Crippen LogP contribution in [0.25, 0.3) is 0 Å². The largest absolute Gasteiger partial charge is 0.396 e. The number of aromatic nitrogens is 2. The first-order chi connectivity index (χ1) is 11.2. The summed E-state index contributed by atoms with van der Waals surface area (Å²) in [6.07, 6.45) is 2.88. The molecule has 124 valence electrons. The monoisotopic (exact) mass is 315 g/mol. The molecular formula is C18H25N3O2. The predicted octanol–water partition coefficient (Wildman–Crippen LogP) is 2.56. The second-order valence-electron chi connectivity index (χ2n) is 6.61. The van der Waals surface area contributed by atoms with Crippen LogP contribution in [0.3, 0.4) is 0 Å². The Hall–Kier alpha value is -1.72. The van der Waals surface area contributed by atoms with Crippen molar-refractivity contribution < 1.29 is 9.63 Å². The van der Waals surface area contributed by atoms with Gasteiger partial charge < -0.3 is 9.63 Å². The van der Waals surface area contributed by atoms with E-state index in [1.54, 1.807) is 0 Å². The minimum Gasteiger partial charge on any atom is -0.396 e. The lowest BCUT2D eigenvalue weighted by atomic mass is 9.94. The minimum atomic E-state index is 0.258. The fourth-order valence-electron chi connectivity index (χ4n) is 3.21. The Morgan fingerprint density at radius 1 is 1.30 bits per heavy atom. The van der Waals surface area contributed by atoms with Crippen molar-refractivity contribution in [1.82, 2.24) is 15.0 Å². The first-order valence-corrected chi connectivity index (χ1v) is 8.36. The molecule has 0 spiro atoms. The molecule has 2 unspecified atom stereocenters. The Morgan fingerprint density at radius 3 is 2.91 bits per heavy atom. The predicted molar refractivity (Wildman–Crippen MR) is 88.0 cm³/mol. The number of piperidine rings is 1. The van der Waals surface area contributed by atoms with Gasteiger partial charge in [-0.15, -0.1) is 0 Å². The van der Waals surface area contributed by atoms with E-state index >= 15 is 0 Å². The first kappa shape index (κ1) is 16.1. The number of likely N-dealkylation sites (tertiary alicyclic amines) is 1. The Balaban J connectivity index is 1.64. The molecule has 0 saturated carbocycles. The van der Waals surface area contributed by atoms with Crippen LogP contribution in [-0.2, 0) is 13.0 Å². The average molecular weight is 315 g/mol. The van der Waals surface area contributed by atoms with Crippen LogP contribution in [0.5, 0.6) is 0 Å². The first-order valence-electron chi connectivity index (χ1n) is 8.36. The molecule has 23 heavy (non-hydrogen) atoms. The zero-order valence-electron chi connectivity index (χ0n) is 13.9. The second kappa shape index (κ2) is 7.23. The van der Waals surface area contributed by atoms with E-state index in [-0.39, 0.29) is 6.61 Å². The number of hydrogen-bond donors (Lipinski definition) is 1. The molecule has 1 fully saturated rings. The quantitative estimate of drug-likeness (QED) is 0.919. The number of benzene rings is 1. The smallest absolute Gasteiger partial charge is 0.231 e. The number of aliphatic hydroxyl groups is 1. The molecule has 1 saturated heterocycles. The number of hydrogen-bond acceptors (Lipinski definition) is 5. The third kappa shape index (κ3) is 3.98. The molecule has 2 aromatic rings. The Labute approximate surface area is 137 Å².